The van der Waals surface area contributed by atoms with Gasteiger partial charge in [0.15, 0.2) is 0 Å². The van der Waals surface area contributed by atoms with Crippen LogP contribution in [-0.2, 0) is 11.2 Å². The summed E-state index contributed by atoms with van der Waals surface area (Å²) in [4.78, 5) is 14.8. The van der Waals surface area contributed by atoms with Crippen molar-refractivity contribution >= 4 is 30.7 Å². The Labute approximate surface area is 175 Å². The van der Waals surface area contributed by atoms with Gasteiger partial charge in [0.25, 0.3) is 0 Å². The van der Waals surface area contributed by atoms with E-state index in [1.54, 1.807) is 0 Å². The van der Waals surface area contributed by atoms with E-state index in [0.717, 1.165) is 18.5 Å². The van der Waals surface area contributed by atoms with Crippen molar-refractivity contribution in [2.45, 2.75) is 25.4 Å². The van der Waals surface area contributed by atoms with Crippen LogP contribution < -0.4 is 11.1 Å². The molecule has 3 atom stereocenters. The van der Waals surface area contributed by atoms with E-state index in [0.29, 0.717) is 0 Å². The Kier molecular flexibility index (Phi) is 12.0. The number of hydrogen-bond donors (Lipinski definition) is 2. The van der Waals surface area contributed by atoms with Gasteiger partial charge in [0.05, 0.1) is 5.92 Å². The maximum absolute atomic E-state index is 12.7. The lowest BCUT2D eigenvalue weighted by molar-refractivity contribution is -0.126. The highest BCUT2D eigenvalue weighted by Crippen LogP contribution is 2.19. The fourth-order valence-corrected chi connectivity index (χ4v) is 2.96. The number of nitrogens with zero attached hydrogens (tertiary/aromatic N) is 1. The highest BCUT2D eigenvalue weighted by atomic mass is 35.5. The number of nitrogens with one attached hydrogen (secondary N) is 1. The molecule has 27 heavy (non-hydrogen) atoms. The molecule has 2 aromatic rings. The molecule has 3 unspecified atom stereocenters. The number of hydrogen-bond acceptors (Lipinski definition) is 3. The van der Waals surface area contributed by atoms with Crippen molar-refractivity contribution in [3.63, 3.8) is 0 Å². The number of carbonyl (C=O) groups is 1. The molecule has 0 aliphatic carbocycles. The summed E-state index contributed by atoms with van der Waals surface area (Å²) in [5.41, 5.74) is 8.50. The summed E-state index contributed by atoms with van der Waals surface area (Å²) in [6.45, 7) is 2.68. The lowest BCUT2D eigenvalue weighted by atomic mass is 9.94. The van der Waals surface area contributed by atoms with Crippen LogP contribution in [0.25, 0.3) is 0 Å². The molecular formula is C21H31Cl2N3O. The van der Waals surface area contributed by atoms with Gasteiger partial charge in [0, 0.05) is 18.6 Å². The van der Waals surface area contributed by atoms with E-state index in [1.165, 1.54) is 5.56 Å². The molecule has 0 aromatic heterocycles. The van der Waals surface area contributed by atoms with Crippen LogP contribution in [0.2, 0.25) is 0 Å². The number of amides is 1. The number of nitrogens with two attached hydrogens (primary N) is 1. The molecule has 0 radical (unpaired) electrons. The van der Waals surface area contributed by atoms with Crippen molar-refractivity contribution < 1.29 is 4.79 Å². The second-order valence-corrected chi connectivity index (χ2v) is 6.88. The second kappa shape index (κ2) is 12.7. The summed E-state index contributed by atoms with van der Waals surface area (Å²) in [7, 11) is 4.03. The van der Waals surface area contributed by atoms with Crippen molar-refractivity contribution in [3.8, 4) is 0 Å². The van der Waals surface area contributed by atoms with E-state index in [-0.39, 0.29) is 48.7 Å². The first-order valence-corrected chi connectivity index (χ1v) is 8.77. The lowest BCUT2D eigenvalue weighted by Gasteiger charge is -2.26. The highest BCUT2D eigenvalue weighted by Gasteiger charge is 2.24. The molecule has 0 saturated heterocycles. The minimum Gasteiger partial charge on any atom is -0.351 e. The van der Waals surface area contributed by atoms with Gasteiger partial charge in [-0.15, -0.1) is 24.8 Å². The first-order chi connectivity index (χ1) is 12.0. The Morgan fingerprint density at radius 2 is 1.52 bits per heavy atom. The quantitative estimate of drug-likeness (QED) is 0.698. The van der Waals surface area contributed by atoms with Gasteiger partial charge in [-0.2, -0.15) is 0 Å². The van der Waals surface area contributed by atoms with Gasteiger partial charge in [-0.05, 0) is 31.6 Å². The molecule has 3 N–H and O–H groups in total. The molecular weight excluding hydrogens is 381 g/mol. The SMILES string of the molecule is CC(C(=O)NC(Cc1ccccc1)CN(C)C)C(N)c1ccccc1.Cl.Cl. The van der Waals surface area contributed by atoms with Gasteiger partial charge in [-0.3, -0.25) is 4.79 Å². The van der Waals surface area contributed by atoms with E-state index in [9.17, 15) is 4.79 Å². The molecule has 0 aliphatic rings. The number of rotatable bonds is 8. The summed E-state index contributed by atoms with van der Waals surface area (Å²) < 4.78 is 0. The maximum Gasteiger partial charge on any atom is 0.225 e. The van der Waals surface area contributed by atoms with Crippen LogP contribution in [-0.4, -0.2) is 37.5 Å². The number of carbonyl (C=O) groups excluding carboxylic acids is 1. The van der Waals surface area contributed by atoms with Crippen molar-refractivity contribution in [1.29, 1.82) is 0 Å². The zero-order chi connectivity index (χ0) is 18.2. The molecule has 0 bridgehead atoms. The second-order valence-electron chi connectivity index (χ2n) is 6.88. The third kappa shape index (κ3) is 8.31. The molecule has 1 amide bonds. The van der Waals surface area contributed by atoms with E-state index in [4.69, 9.17) is 5.73 Å². The van der Waals surface area contributed by atoms with Gasteiger partial charge in [0.1, 0.15) is 0 Å². The van der Waals surface area contributed by atoms with Crippen LogP contribution in [0.5, 0.6) is 0 Å². The van der Waals surface area contributed by atoms with Crippen molar-refractivity contribution in [2.24, 2.45) is 11.7 Å². The Balaban J connectivity index is 0.00000338. The number of halogens is 2. The average molecular weight is 412 g/mol. The van der Waals surface area contributed by atoms with E-state index in [1.807, 2.05) is 69.6 Å². The normalized spacial score (nSPS) is 13.7. The van der Waals surface area contributed by atoms with Crippen LogP contribution in [0.4, 0.5) is 0 Å². The van der Waals surface area contributed by atoms with Crippen LogP contribution in [0.15, 0.2) is 60.7 Å². The van der Waals surface area contributed by atoms with Crippen molar-refractivity contribution in [1.82, 2.24) is 10.2 Å². The number of benzene rings is 2. The topological polar surface area (TPSA) is 58.4 Å². The summed E-state index contributed by atoms with van der Waals surface area (Å²) >= 11 is 0. The first kappa shape index (κ1) is 25.4. The maximum atomic E-state index is 12.7. The molecule has 0 saturated carbocycles. The molecule has 2 aromatic carbocycles. The molecule has 6 heteroatoms. The van der Waals surface area contributed by atoms with Gasteiger partial charge in [0.2, 0.25) is 5.91 Å². The standard InChI is InChI=1S/C21H29N3O.2ClH/c1-16(20(22)18-12-8-5-9-13-18)21(25)23-19(15-24(2)3)14-17-10-6-4-7-11-17;;/h4-13,16,19-20H,14-15,22H2,1-3H3,(H,23,25);2*1H. The smallest absolute Gasteiger partial charge is 0.225 e. The summed E-state index contributed by atoms with van der Waals surface area (Å²) in [6.07, 6.45) is 0.804. The average Bonchev–Trinajstić information content (AvgIpc) is 2.61. The van der Waals surface area contributed by atoms with E-state index >= 15 is 0 Å². The van der Waals surface area contributed by atoms with E-state index in [2.05, 4.69) is 22.3 Å². The molecule has 0 fully saturated rings. The Hall–Kier alpha value is -1.59. The fourth-order valence-electron chi connectivity index (χ4n) is 2.96. The first-order valence-electron chi connectivity index (χ1n) is 8.77. The Morgan fingerprint density at radius 3 is 2.04 bits per heavy atom. The Morgan fingerprint density at radius 1 is 1.00 bits per heavy atom. The minimum atomic E-state index is -0.307. The molecule has 150 valence electrons. The zero-order valence-electron chi connectivity index (χ0n) is 16.2. The third-order valence-corrected chi connectivity index (χ3v) is 4.39. The fraction of sp³-hybridized carbons (Fsp3) is 0.381. The Bertz CT molecular complexity index is 653. The van der Waals surface area contributed by atoms with Crippen molar-refractivity contribution in [2.75, 3.05) is 20.6 Å². The predicted molar refractivity (Wildman–Crippen MR) is 118 cm³/mol. The third-order valence-electron chi connectivity index (χ3n) is 4.39. The molecule has 0 heterocycles. The monoisotopic (exact) mass is 411 g/mol. The summed E-state index contributed by atoms with van der Waals surface area (Å²) in [5, 5.41) is 3.19. The molecule has 2 rings (SSSR count). The van der Waals surface area contributed by atoms with Gasteiger partial charge in [-0.25, -0.2) is 0 Å². The van der Waals surface area contributed by atoms with Crippen molar-refractivity contribution in [3.05, 3.63) is 71.8 Å². The van der Waals surface area contributed by atoms with Crippen LogP contribution in [0.3, 0.4) is 0 Å². The predicted octanol–water partition coefficient (Wildman–Crippen LogP) is 3.46. The van der Waals surface area contributed by atoms with Crippen LogP contribution >= 0.6 is 24.8 Å². The minimum absolute atomic E-state index is 0. The number of likely N-dealkylation sites (N-methyl/N-ethyl adjacent to an activating group) is 1. The summed E-state index contributed by atoms with van der Waals surface area (Å²) in [6, 6.07) is 19.8. The van der Waals surface area contributed by atoms with Gasteiger partial charge < -0.3 is 16.0 Å². The molecule has 0 aliphatic heterocycles. The zero-order valence-corrected chi connectivity index (χ0v) is 17.8. The highest BCUT2D eigenvalue weighted by molar-refractivity contribution is 5.85. The van der Waals surface area contributed by atoms with Crippen LogP contribution in [0, 0.1) is 5.92 Å². The van der Waals surface area contributed by atoms with Gasteiger partial charge >= 0.3 is 0 Å². The molecule has 0 spiro atoms. The van der Waals surface area contributed by atoms with Gasteiger partial charge in [-0.1, -0.05) is 67.6 Å². The lowest BCUT2D eigenvalue weighted by Crippen LogP contribution is -2.46. The van der Waals surface area contributed by atoms with E-state index < -0.39 is 0 Å². The van der Waals surface area contributed by atoms with Crippen LogP contribution in [0.1, 0.15) is 24.1 Å². The summed E-state index contributed by atoms with van der Waals surface area (Å²) in [5.74, 6) is -0.290. The largest absolute Gasteiger partial charge is 0.351 e. The molecule has 4 nitrogen and oxygen atoms in total.